The van der Waals surface area contributed by atoms with Gasteiger partial charge in [0.1, 0.15) is 5.76 Å². The Morgan fingerprint density at radius 2 is 2.33 bits per heavy atom. The molecule has 4 nitrogen and oxygen atoms in total. The third kappa shape index (κ3) is 3.40. The van der Waals surface area contributed by atoms with Gasteiger partial charge in [-0.1, -0.05) is 6.92 Å². The quantitative estimate of drug-likeness (QED) is 0.775. The van der Waals surface area contributed by atoms with E-state index in [1.165, 1.54) is 0 Å². The molecule has 1 rings (SSSR count). The lowest BCUT2D eigenvalue weighted by atomic mass is 10.1. The Labute approximate surface area is 89.3 Å². The third-order valence-corrected chi connectivity index (χ3v) is 2.27. The maximum Gasteiger partial charge on any atom is 0.287 e. The molecule has 0 saturated carbocycles. The van der Waals surface area contributed by atoms with Crippen molar-refractivity contribution in [3.8, 4) is 0 Å². The maximum atomic E-state index is 11.6. The largest absolute Gasteiger partial charge is 0.456 e. The van der Waals surface area contributed by atoms with Crippen molar-refractivity contribution in [1.82, 2.24) is 5.32 Å². The molecular weight excluding hydrogens is 194 g/mol. The number of nitrogens with one attached hydrogen (secondary N) is 1. The van der Waals surface area contributed by atoms with E-state index in [9.17, 15) is 4.79 Å². The molecule has 1 aromatic rings. The molecule has 1 heterocycles. The number of amides is 1. The van der Waals surface area contributed by atoms with Crippen molar-refractivity contribution < 1.29 is 14.3 Å². The predicted molar refractivity (Wildman–Crippen MR) is 56.7 cm³/mol. The van der Waals surface area contributed by atoms with Gasteiger partial charge in [0.15, 0.2) is 5.76 Å². The molecule has 0 aliphatic rings. The number of carbonyl (C=O) groups excluding carboxylic acids is 1. The topological polar surface area (TPSA) is 62.5 Å². The van der Waals surface area contributed by atoms with Gasteiger partial charge < -0.3 is 14.8 Å². The molecule has 0 saturated heterocycles. The standard InChI is InChI=1S/C11H17NO3/c1-3-9(6-7-13)12-11(14)10-5-4-8(2)15-10/h4-5,9,13H,3,6-7H2,1-2H3,(H,12,14). The first-order chi connectivity index (χ1) is 7.17. The summed E-state index contributed by atoms with van der Waals surface area (Å²) in [6.07, 6.45) is 1.37. The second-order valence-corrected chi connectivity index (χ2v) is 3.50. The molecular formula is C11H17NO3. The van der Waals surface area contributed by atoms with Gasteiger partial charge in [0.2, 0.25) is 0 Å². The number of hydrogen-bond acceptors (Lipinski definition) is 3. The van der Waals surface area contributed by atoms with E-state index in [4.69, 9.17) is 9.52 Å². The average Bonchev–Trinajstić information content (AvgIpc) is 2.64. The molecule has 2 N–H and O–H groups in total. The monoisotopic (exact) mass is 211 g/mol. The highest BCUT2D eigenvalue weighted by Crippen LogP contribution is 2.07. The van der Waals surface area contributed by atoms with E-state index in [2.05, 4.69) is 5.32 Å². The summed E-state index contributed by atoms with van der Waals surface area (Å²) < 4.78 is 5.19. The van der Waals surface area contributed by atoms with Crippen molar-refractivity contribution in [1.29, 1.82) is 0 Å². The van der Waals surface area contributed by atoms with Crippen LogP contribution in [-0.2, 0) is 0 Å². The molecule has 0 spiro atoms. The Morgan fingerprint density at radius 3 is 2.80 bits per heavy atom. The fourth-order valence-electron chi connectivity index (χ4n) is 1.35. The number of furan rings is 1. The minimum absolute atomic E-state index is 0.00732. The molecule has 0 bridgehead atoms. The fourth-order valence-corrected chi connectivity index (χ4v) is 1.35. The van der Waals surface area contributed by atoms with Gasteiger partial charge in [0.05, 0.1) is 0 Å². The molecule has 0 radical (unpaired) electrons. The van der Waals surface area contributed by atoms with Crippen LogP contribution in [-0.4, -0.2) is 23.7 Å². The summed E-state index contributed by atoms with van der Waals surface area (Å²) in [5.41, 5.74) is 0. The Bertz CT molecular complexity index is 319. The second kappa shape index (κ2) is 5.56. The zero-order valence-electron chi connectivity index (χ0n) is 9.12. The SMILES string of the molecule is CCC(CCO)NC(=O)c1ccc(C)o1. The molecule has 0 aliphatic heterocycles. The van der Waals surface area contributed by atoms with Crippen LogP contribution in [0.4, 0.5) is 0 Å². The summed E-state index contributed by atoms with van der Waals surface area (Å²) in [5, 5.41) is 11.6. The van der Waals surface area contributed by atoms with Crippen molar-refractivity contribution in [3.63, 3.8) is 0 Å². The summed E-state index contributed by atoms with van der Waals surface area (Å²) in [5.74, 6) is 0.822. The van der Waals surface area contributed by atoms with E-state index in [0.717, 1.165) is 12.2 Å². The number of rotatable bonds is 5. The average molecular weight is 211 g/mol. The minimum atomic E-state index is -0.219. The molecule has 0 aromatic carbocycles. The van der Waals surface area contributed by atoms with Crippen molar-refractivity contribution in [2.24, 2.45) is 0 Å². The second-order valence-electron chi connectivity index (χ2n) is 3.50. The highest BCUT2D eigenvalue weighted by molar-refractivity contribution is 5.91. The summed E-state index contributed by atoms with van der Waals surface area (Å²) in [4.78, 5) is 11.6. The van der Waals surface area contributed by atoms with Gasteiger partial charge in [-0.3, -0.25) is 4.79 Å². The maximum absolute atomic E-state index is 11.6. The van der Waals surface area contributed by atoms with Gasteiger partial charge in [-0.05, 0) is 31.9 Å². The molecule has 84 valence electrons. The van der Waals surface area contributed by atoms with E-state index in [-0.39, 0.29) is 18.6 Å². The van der Waals surface area contributed by atoms with Gasteiger partial charge in [0, 0.05) is 12.6 Å². The van der Waals surface area contributed by atoms with Crippen LogP contribution in [0.25, 0.3) is 0 Å². The predicted octanol–water partition coefficient (Wildman–Crippen LogP) is 1.48. The molecule has 0 fully saturated rings. The van der Waals surface area contributed by atoms with Crippen molar-refractivity contribution in [2.45, 2.75) is 32.7 Å². The third-order valence-electron chi connectivity index (χ3n) is 2.27. The number of aliphatic hydroxyl groups excluding tert-OH is 1. The lowest BCUT2D eigenvalue weighted by Gasteiger charge is -2.14. The summed E-state index contributed by atoms with van der Waals surface area (Å²) >= 11 is 0. The zero-order chi connectivity index (χ0) is 11.3. The first-order valence-corrected chi connectivity index (χ1v) is 5.15. The van der Waals surface area contributed by atoms with E-state index in [0.29, 0.717) is 12.2 Å². The number of hydrogen-bond donors (Lipinski definition) is 2. The van der Waals surface area contributed by atoms with Crippen LogP contribution < -0.4 is 5.32 Å². The van der Waals surface area contributed by atoms with Crippen LogP contribution in [0.5, 0.6) is 0 Å². The van der Waals surface area contributed by atoms with Crippen molar-refractivity contribution >= 4 is 5.91 Å². The Hall–Kier alpha value is -1.29. The van der Waals surface area contributed by atoms with Gasteiger partial charge >= 0.3 is 0 Å². The molecule has 1 atom stereocenters. The lowest BCUT2D eigenvalue weighted by Crippen LogP contribution is -2.34. The van der Waals surface area contributed by atoms with Gasteiger partial charge in [-0.2, -0.15) is 0 Å². The molecule has 1 amide bonds. The Balaban J connectivity index is 2.54. The lowest BCUT2D eigenvalue weighted by molar-refractivity contribution is 0.0899. The highest BCUT2D eigenvalue weighted by atomic mass is 16.3. The smallest absolute Gasteiger partial charge is 0.287 e. The van der Waals surface area contributed by atoms with E-state index >= 15 is 0 Å². The van der Waals surface area contributed by atoms with Gasteiger partial charge in [-0.25, -0.2) is 0 Å². The summed E-state index contributed by atoms with van der Waals surface area (Å²) in [6.45, 7) is 3.84. The summed E-state index contributed by atoms with van der Waals surface area (Å²) in [6, 6.07) is 3.41. The molecule has 1 aromatic heterocycles. The summed E-state index contributed by atoms with van der Waals surface area (Å²) in [7, 11) is 0. The van der Waals surface area contributed by atoms with Crippen LogP contribution in [0.15, 0.2) is 16.5 Å². The van der Waals surface area contributed by atoms with Crippen LogP contribution in [0.3, 0.4) is 0 Å². The van der Waals surface area contributed by atoms with Gasteiger partial charge in [-0.15, -0.1) is 0 Å². The molecule has 1 unspecified atom stereocenters. The van der Waals surface area contributed by atoms with Crippen LogP contribution >= 0.6 is 0 Å². The van der Waals surface area contributed by atoms with Crippen LogP contribution in [0.2, 0.25) is 0 Å². The number of carbonyl (C=O) groups is 1. The fraction of sp³-hybridized carbons (Fsp3) is 0.545. The van der Waals surface area contributed by atoms with Crippen molar-refractivity contribution in [3.05, 3.63) is 23.7 Å². The van der Waals surface area contributed by atoms with E-state index in [1.807, 2.05) is 6.92 Å². The molecule has 4 heteroatoms. The number of aryl methyl sites for hydroxylation is 1. The molecule has 15 heavy (non-hydrogen) atoms. The normalized spacial score (nSPS) is 12.5. The van der Waals surface area contributed by atoms with E-state index in [1.54, 1.807) is 19.1 Å². The Morgan fingerprint density at radius 1 is 1.60 bits per heavy atom. The van der Waals surface area contributed by atoms with Crippen LogP contribution in [0.1, 0.15) is 36.1 Å². The zero-order valence-corrected chi connectivity index (χ0v) is 9.12. The number of aliphatic hydroxyl groups is 1. The first kappa shape index (κ1) is 11.8. The first-order valence-electron chi connectivity index (χ1n) is 5.15. The Kier molecular flexibility index (Phi) is 4.37. The molecule has 0 aliphatic carbocycles. The van der Waals surface area contributed by atoms with Gasteiger partial charge in [0.25, 0.3) is 5.91 Å². The van der Waals surface area contributed by atoms with E-state index < -0.39 is 0 Å². The highest BCUT2D eigenvalue weighted by Gasteiger charge is 2.14. The van der Waals surface area contributed by atoms with Crippen molar-refractivity contribution in [2.75, 3.05) is 6.61 Å². The van der Waals surface area contributed by atoms with Crippen LogP contribution in [0, 0.1) is 6.92 Å². The minimum Gasteiger partial charge on any atom is -0.456 e.